The zero-order valence-electron chi connectivity index (χ0n) is 14.2. The Labute approximate surface area is 142 Å². The molecule has 0 atom stereocenters. The van der Waals surface area contributed by atoms with E-state index in [-0.39, 0.29) is 0 Å². The molecule has 0 fully saturated rings. The van der Waals surface area contributed by atoms with E-state index in [1.54, 1.807) is 6.33 Å². The molecule has 0 spiro atoms. The number of para-hydroxylation sites is 1. The Bertz CT molecular complexity index is 869. The summed E-state index contributed by atoms with van der Waals surface area (Å²) >= 11 is 0. The van der Waals surface area contributed by atoms with Crippen LogP contribution in [-0.4, -0.2) is 23.7 Å². The third-order valence-electron chi connectivity index (χ3n) is 4.58. The highest BCUT2D eigenvalue weighted by atomic mass is 15.4. The van der Waals surface area contributed by atoms with Crippen LogP contribution in [-0.2, 0) is 0 Å². The zero-order chi connectivity index (χ0) is 16.7. The molecule has 0 saturated heterocycles. The summed E-state index contributed by atoms with van der Waals surface area (Å²) in [4.78, 5) is 13.7. The fourth-order valence-corrected chi connectivity index (χ4v) is 3.45. The third-order valence-corrected chi connectivity index (χ3v) is 4.58. The monoisotopic (exact) mass is 316 g/mol. The molecule has 4 nitrogen and oxygen atoms in total. The molecule has 120 valence electrons. The van der Waals surface area contributed by atoms with Gasteiger partial charge in [0.15, 0.2) is 5.82 Å². The lowest BCUT2D eigenvalue weighted by atomic mass is 9.98. The fourth-order valence-electron chi connectivity index (χ4n) is 3.45. The van der Waals surface area contributed by atoms with Crippen molar-refractivity contribution in [3.8, 4) is 11.3 Å². The average molecular weight is 316 g/mol. The Balaban J connectivity index is 1.91. The number of anilines is 3. The molecule has 4 heteroatoms. The summed E-state index contributed by atoms with van der Waals surface area (Å²) in [6.45, 7) is 5.05. The Morgan fingerprint density at radius 1 is 0.875 bits per heavy atom. The predicted octanol–water partition coefficient (Wildman–Crippen LogP) is 4.31. The Kier molecular flexibility index (Phi) is 3.45. The van der Waals surface area contributed by atoms with E-state index in [0.717, 1.165) is 29.6 Å². The van der Waals surface area contributed by atoms with Gasteiger partial charge in [-0.15, -0.1) is 0 Å². The minimum Gasteiger partial charge on any atom is -0.352 e. The molecule has 0 bridgehead atoms. The molecule has 1 aliphatic rings. The van der Waals surface area contributed by atoms with E-state index in [1.165, 1.54) is 16.7 Å². The van der Waals surface area contributed by atoms with Gasteiger partial charge in [-0.25, -0.2) is 9.97 Å². The second-order valence-corrected chi connectivity index (χ2v) is 6.26. The Hall–Kier alpha value is -2.88. The SMILES string of the molecule is Cc1cccc(C)c1-c1ncnc2c1N(C)CN2c1ccccc1. The standard InChI is InChI=1S/C20H20N4/c1-14-8-7-9-15(2)17(14)18-19-20(22-12-21-18)24(13-23(19)3)16-10-5-4-6-11-16/h4-12H,13H2,1-3H3. The minimum atomic E-state index is 0.774. The number of nitrogens with zero attached hydrogens (tertiary/aromatic N) is 4. The molecule has 4 rings (SSSR count). The molecule has 1 aliphatic heterocycles. The Morgan fingerprint density at radius 3 is 2.29 bits per heavy atom. The molecular weight excluding hydrogens is 296 g/mol. The van der Waals surface area contributed by atoms with Crippen LogP contribution in [0.3, 0.4) is 0 Å². The molecule has 24 heavy (non-hydrogen) atoms. The summed E-state index contributed by atoms with van der Waals surface area (Å²) < 4.78 is 0. The highest BCUT2D eigenvalue weighted by Gasteiger charge is 2.30. The highest BCUT2D eigenvalue weighted by molar-refractivity contribution is 5.90. The summed E-state index contributed by atoms with van der Waals surface area (Å²) in [5.41, 5.74) is 6.94. The number of aryl methyl sites for hydroxylation is 2. The molecule has 0 aliphatic carbocycles. The van der Waals surface area contributed by atoms with Gasteiger partial charge in [0, 0.05) is 18.3 Å². The first kappa shape index (κ1) is 14.7. The largest absolute Gasteiger partial charge is 0.352 e. The van der Waals surface area contributed by atoms with Gasteiger partial charge in [0.1, 0.15) is 12.0 Å². The number of rotatable bonds is 2. The smallest absolute Gasteiger partial charge is 0.162 e. The third kappa shape index (κ3) is 2.22. The summed E-state index contributed by atoms with van der Waals surface area (Å²) in [5, 5.41) is 0. The molecule has 0 N–H and O–H groups in total. The second kappa shape index (κ2) is 5.64. The van der Waals surface area contributed by atoms with Crippen LogP contribution in [0.2, 0.25) is 0 Å². The van der Waals surface area contributed by atoms with Gasteiger partial charge in [-0.2, -0.15) is 0 Å². The van der Waals surface area contributed by atoms with Crippen molar-refractivity contribution in [1.82, 2.24) is 9.97 Å². The van der Waals surface area contributed by atoms with Crippen molar-refractivity contribution in [2.45, 2.75) is 13.8 Å². The van der Waals surface area contributed by atoms with E-state index in [9.17, 15) is 0 Å². The van der Waals surface area contributed by atoms with E-state index >= 15 is 0 Å². The molecule has 1 aromatic heterocycles. The van der Waals surface area contributed by atoms with E-state index < -0.39 is 0 Å². The lowest BCUT2D eigenvalue weighted by molar-refractivity contribution is 0.944. The van der Waals surface area contributed by atoms with Crippen molar-refractivity contribution in [1.29, 1.82) is 0 Å². The van der Waals surface area contributed by atoms with Crippen LogP contribution in [0, 0.1) is 13.8 Å². The van der Waals surface area contributed by atoms with Crippen LogP contribution in [0.15, 0.2) is 54.9 Å². The van der Waals surface area contributed by atoms with Crippen molar-refractivity contribution in [2.75, 3.05) is 23.5 Å². The Morgan fingerprint density at radius 2 is 1.58 bits per heavy atom. The first-order valence-corrected chi connectivity index (χ1v) is 8.12. The first-order valence-electron chi connectivity index (χ1n) is 8.12. The van der Waals surface area contributed by atoms with Crippen molar-refractivity contribution in [2.24, 2.45) is 0 Å². The first-order chi connectivity index (χ1) is 11.7. The zero-order valence-corrected chi connectivity index (χ0v) is 14.2. The van der Waals surface area contributed by atoms with Crippen LogP contribution < -0.4 is 9.80 Å². The molecule has 0 unspecified atom stereocenters. The van der Waals surface area contributed by atoms with Crippen LogP contribution >= 0.6 is 0 Å². The maximum atomic E-state index is 4.64. The summed E-state index contributed by atoms with van der Waals surface area (Å²) in [7, 11) is 2.10. The fraction of sp³-hybridized carbons (Fsp3) is 0.200. The lowest BCUT2D eigenvalue weighted by Crippen LogP contribution is -2.24. The second-order valence-electron chi connectivity index (χ2n) is 6.26. The minimum absolute atomic E-state index is 0.774. The van der Waals surface area contributed by atoms with Gasteiger partial charge in [-0.1, -0.05) is 36.4 Å². The molecule has 0 amide bonds. The van der Waals surface area contributed by atoms with Crippen molar-refractivity contribution in [3.05, 3.63) is 66.0 Å². The maximum absolute atomic E-state index is 4.64. The van der Waals surface area contributed by atoms with Crippen LogP contribution in [0.4, 0.5) is 17.2 Å². The summed E-state index contributed by atoms with van der Waals surface area (Å²) in [6, 6.07) is 16.7. The van der Waals surface area contributed by atoms with Crippen LogP contribution in [0.5, 0.6) is 0 Å². The summed E-state index contributed by atoms with van der Waals surface area (Å²) in [5.74, 6) is 0.969. The predicted molar refractivity (Wildman–Crippen MR) is 98.8 cm³/mol. The topological polar surface area (TPSA) is 32.3 Å². The van der Waals surface area contributed by atoms with Gasteiger partial charge in [-0.05, 0) is 37.1 Å². The maximum Gasteiger partial charge on any atom is 0.162 e. The normalized spacial score (nSPS) is 13.3. The molecule has 0 saturated carbocycles. The molecule has 0 radical (unpaired) electrons. The number of hydrogen-bond acceptors (Lipinski definition) is 4. The van der Waals surface area contributed by atoms with Gasteiger partial charge in [0.2, 0.25) is 0 Å². The molecule has 3 aromatic rings. The summed E-state index contributed by atoms with van der Waals surface area (Å²) in [6.07, 6.45) is 1.68. The van der Waals surface area contributed by atoms with Gasteiger partial charge < -0.3 is 9.80 Å². The van der Waals surface area contributed by atoms with Crippen molar-refractivity contribution in [3.63, 3.8) is 0 Å². The van der Waals surface area contributed by atoms with E-state index in [4.69, 9.17) is 0 Å². The quantitative estimate of drug-likeness (QED) is 0.705. The molecule has 2 heterocycles. The van der Waals surface area contributed by atoms with Gasteiger partial charge >= 0.3 is 0 Å². The molecular formula is C20H20N4. The van der Waals surface area contributed by atoms with Gasteiger partial charge in [0.05, 0.1) is 12.4 Å². The number of hydrogen-bond donors (Lipinski definition) is 0. The lowest BCUT2D eigenvalue weighted by Gasteiger charge is -2.18. The van der Waals surface area contributed by atoms with E-state index in [0.29, 0.717) is 0 Å². The van der Waals surface area contributed by atoms with Gasteiger partial charge in [-0.3, -0.25) is 0 Å². The average Bonchev–Trinajstić information content (AvgIpc) is 2.93. The highest BCUT2D eigenvalue weighted by Crippen LogP contribution is 2.44. The number of fused-ring (bicyclic) bond motifs is 1. The van der Waals surface area contributed by atoms with E-state index in [1.807, 2.05) is 6.07 Å². The number of aromatic nitrogens is 2. The number of benzene rings is 2. The van der Waals surface area contributed by atoms with E-state index in [2.05, 4.69) is 83.1 Å². The van der Waals surface area contributed by atoms with Crippen molar-refractivity contribution >= 4 is 17.2 Å². The van der Waals surface area contributed by atoms with Crippen LogP contribution in [0.1, 0.15) is 11.1 Å². The van der Waals surface area contributed by atoms with Gasteiger partial charge in [0.25, 0.3) is 0 Å². The van der Waals surface area contributed by atoms with Crippen LogP contribution in [0.25, 0.3) is 11.3 Å². The molecule has 2 aromatic carbocycles. The van der Waals surface area contributed by atoms with Crippen molar-refractivity contribution < 1.29 is 0 Å².